The first-order chi connectivity index (χ1) is 9.35. The van der Waals surface area contributed by atoms with E-state index in [4.69, 9.17) is 0 Å². The highest BCUT2D eigenvalue weighted by Crippen LogP contribution is 2.37. The number of rotatable bonds is 3. The van der Waals surface area contributed by atoms with Crippen LogP contribution in [0.2, 0.25) is 0 Å². The van der Waals surface area contributed by atoms with E-state index in [1.54, 1.807) is 0 Å². The zero-order valence-corrected chi connectivity index (χ0v) is 13.0. The molecule has 1 N–H and O–H groups in total. The molecule has 1 aliphatic heterocycles. The fourth-order valence-corrected chi connectivity index (χ4v) is 5.13. The molecule has 6 heteroatoms. The Bertz CT molecular complexity index is 452. The average molecular weight is 303 g/mol. The molecule has 0 aromatic rings. The summed E-state index contributed by atoms with van der Waals surface area (Å²) < 4.78 is 23.2. The maximum atomic E-state index is 11.8. The molecule has 2 fully saturated rings. The predicted molar refractivity (Wildman–Crippen MR) is 77.5 cm³/mol. The van der Waals surface area contributed by atoms with Gasteiger partial charge in [0.1, 0.15) is 0 Å². The predicted octanol–water partition coefficient (Wildman–Crippen LogP) is 1.53. The van der Waals surface area contributed by atoms with Crippen molar-refractivity contribution in [3.8, 4) is 0 Å². The SMILES string of the molecule is CC1CS(=O)(=O)CCN1CC1(C(=O)O)CCCCCC1. The Labute approximate surface area is 121 Å². The van der Waals surface area contributed by atoms with Crippen LogP contribution in [0.25, 0.3) is 0 Å². The Kier molecular flexibility index (Phi) is 4.74. The highest BCUT2D eigenvalue weighted by molar-refractivity contribution is 7.91. The molecule has 0 aromatic carbocycles. The maximum Gasteiger partial charge on any atom is 0.310 e. The van der Waals surface area contributed by atoms with Gasteiger partial charge in [-0.15, -0.1) is 0 Å². The lowest BCUT2D eigenvalue weighted by molar-refractivity contribution is -0.151. The molecule has 0 radical (unpaired) electrons. The minimum absolute atomic E-state index is 0.0757. The summed E-state index contributed by atoms with van der Waals surface area (Å²) in [5, 5.41) is 9.69. The van der Waals surface area contributed by atoms with Crippen LogP contribution in [0.15, 0.2) is 0 Å². The smallest absolute Gasteiger partial charge is 0.310 e. The number of carbonyl (C=O) groups is 1. The molecule has 0 spiro atoms. The molecule has 116 valence electrons. The Morgan fingerprint density at radius 2 is 1.85 bits per heavy atom. The van der Waals surface area contributed by atoms with Gasteiger partial charge in [-0.25, -0.2) is 8.42 Å². The molecule has 0 bridgehead atoms. The van der Waals surface area contributed by atoms with Crippen LogP contribution in [-0.4, -0.2) is 55.0 Å². The van der Waals surface area contributed by atoms with Crippen molar-refractivity contribution in [3.05, 3.63) is 0 Å². The lowest BCUT2D eigenvalue weighted by Crippen LogP contribution is -2.52. The van der Waals surface area contributed by atoms with E-state index in [2.05, 4.69) is 4.90 Å². The Balaban J connectivity index is 2.10. The average Bonchev–Trinajstić information content (AvgIpc) is 2.59. The third kappa shape index (κ3) is 3.52. The van der Waals surface area contributed by atoms with E-state index in [0.717, 1.165) is 38.5 Å². The van der Waals surface area contributed by atoms with E-state index in [0.29, 0.717) is 13.1 Å². The van der Waals surface area contributed by atoms with Crippen molar-refractivity contribution in [2.45, 2.75) is 51.5 Å². The molecule has 1 atom stereocenters. The molecule has 1 saturated heterocycles. The van der Waals surface area contributed by atoms with Crippen LogP contribution in [0, 0.1) is 5.41 Å². The standard InChI is InChI=1S/C14H25NO4S/c1-12-10-20(18,19)9-8-15(12)11-14(13(16)17)6-4-2-3-5-7-14/h12H,2-11H2,1H3,(H,16,17). The summed E-state index contributed by atoms with van der Waals surface area (Å²) in [5.41, 5.74) is -0.675. The molecule has 2 rings (SSSR count). The van der Waals surface area contributed by atoms with Gasteiger partial charge in [0, 0.05) is 19.1 Å². The Hall–Kier alpha value is -0.620. The normalized spacial score (nSPS) is 30.6. The van der Waals surface area contributed by atoms with E-state index in [1.165, 1.54) is 0 Å². The molecule has 0 amide bonds. The number of carboxylic acid groups (broad SMARTS) is 1. The van der Waals surface area contributed by atoms with Gasteiger partial charge in [0.25, 0.3) is 0 Å². The first kappa shape index (κ1) is 15.8. The van der Waals surface area contributed by atoms with E-state index >= 15 is 0 Å². The van der Waals surface area contributed by atoms with Crippen LogP contribution in [-0.2, 0) is 14.6 Å². The molecule has 1 heterocycles. The van der Waals surface area contributed by atoms with Gasteiger partial charge in [-0.3, -0.25) is 9.69 Å². The van der Waals surface area contributed by atoms with Crippen molar-refractivity contribution < 1.29 is 18.3 Å². The number of carboxylic acids is 1. The fourth-order valence-electron chi connectivity index (χ4n) is 3.50. The quantitative estimate of drug-likeness (QED) is 0.800. The van der Waals surface area contributed by atoms with Crippen molar-refractivity contribution >= 4 is 15.8 Å². The Morgan fingerprint density at radius 3 is 2.35 bits per heavy atom. The minimum Gasteiger partial charge on any atom is -0.481 e. The lowest BCUT2D eigenvalue weighted by Gasteiger charge is -2.39. The van der Waals surface area contributed by atoms with Crippen molar-refractivity contribution in [2.24, 2.45) is 5.41 Å². The second-order valence-corrected chi connectivity index (χ2v) is 8.66. The molecule has 2 aliphatic rings. The molecular weight excluding hydrogens is 278 g/mol. The molecule has 1 unspecified atom stereocenters. The van der Waals surface area contributed by atoms with Gasteiger partial charge in [0.05, 0.1) is 16.9 Å². The molecule has 1 aliphatic carbocycles. The summed E-state index contributed by atoms with van der Waals surface area (Å²) in [5.74, 6) is -0.393. The first-order valence-corrected chi connectivity index (χ1v) is 9.35. The second kappa shape index (κ2) is 6.02. The van der Waals surface area contributed by atoms with Crippen molar-refractivity contribution in [3.63, 3.8) is 0 Å². The van der Waals surface area contributed by atoms with Crippen LogP contribution in [0.4, 0.5) is 0 Å². The van der Waals surface area contributed by atoms with E-state index in [1.807, 2.05) is 6.92 Å². The van der Waals surface area contributed by atoms with Crippen LogP contribution in [0.3, 0.4) is 0 Å². The number of hydrogen-bond acceptors (Lipinski definition) is 4. The molecule has 0 aromatic heterocycles. The third-order valence-electron chi connectivity index (χ3n) is 4.83. The number of sulfone groups is 1. The van der Waals surface area contributed by atoms with E-state index < -0.39 is 21.2 Å². The Morgan fingerprint density at radius 1 is 1.25 bits per heavy atom. The summed E-state index contributed by atoms with van der Waals surface area (Å²) in [6.07, 6.45) is 5.59. The van der Waals surface area contributed by atoms with Gasteiger partial charge in [0.15, 0.2) is 9.84 Å². The van der Waals surface area contributed by atoms with Crippen molar-refractivity contribution in [2.75, 3.05) is 24.6 Å². The molecule has 1 saturated carbocycles. The monoisotopic (exact) mass is 303 g/mol. The van der Waals surface area contributed by atoms with Crippen molar-refractivity contribution in [1.29, 1.82) is 0 Å². The highest BCUT2D eigenvalue weighted by Gasteiger charge is 2.42. The van der Waals surface area contributed by atoms with Gasteiger partial charge >= 0.3 is 5.97 Å². The number of hydrogen-bond donors (Lipinski definition) is 1. The van der Waals surface area contributed by atoms with Crippen LogP contribution >= 0.6 is 0 Å². The number of aliphatic carboxylic acids is 1. The zero-order valence-electron chi connectivity index (χ0n) is 12.2. The van der Waals surface area contributed by atoms with E-state index in [-0.39, 0.29) is 17.5 Å². The van der Waals surface area contributed by atoms with Crippen molar-refractivity contribution in [1.82, 2.24) is 4.90 Å². The second-order valence-electron chi connectivity index (χ2n) is 6.43. The maximum absolute atomic E-state index is 11.8. The third-order valence-corrected chi connectivity index (χ3v) is 6.62. The van der Waals surface area contributed by atoms with Crippen LogP contribution in [0.1, 0.15) is 45.4 Å². The summed E-state index contributed by atoms with van der Waals surface area (Å²) in [7, 11) is -2.94. The van der Waals surface area contributed by atoms with Crippen LogP contribution < -0.4 is 0 Å². The minimum atomic E-state index is -2.94. The van der Waals surface area contributed by atoms with Crippen LogP contribution in [0.5, 0.6) is 0 Å². The van der Waals surface area contributed by atoms with Gasteiger partial charge in [-0.2, -0.15) is 0 Å². The summed E-state index contributed by atoms with van der Waals surface area (Å²) in [6.45, 7) is 2.86. The summed E-state index contributed by atoms with van der Waals surface area (Å²) in [6, 6.07) is -0.0757. The summed E-state index contributed by atoms with van der Waals surface area (Å²) >= 11 is 0. The molecular formula is C14H25NO4S. The van der Waals surface area contributed by atoms with E-state index in [9.17, 15) is 18.3 Å². The zero-order chi connectivity index (χ0) is 14.8. The summed E-state index contributed by atoms with van der Waals surface area (Å²) in [4.78, 5) is 13.9. The molecule has 5 nitrogen and oxygen atoms in total. The van der Waals surface area contributed by atoms with Gasteiger partial charge in [0.2, 0.25) is 0 Å². The lowest BCUT2D eigenvalue weighted by atomic mass is 9.79. The van der Waals surface area contributed by atoms with Gasteiger partial charge in [-0.1, -0.05) is 25.7 Å². The van der Waals surface area contributed by atoms with Gasteiger partial charge in [-0.05, 0) is 19.8 Å². The largest absolute Gasteiger partial charge is 0.481 e. The topological polar surface area (TPSA) is 74.7 Å². The fraction of sp³-hybridized carbons (Fsp3) is 0.929. The highest BCUT2D eigenvalue weighted by atomic mass is 32.2. The van der Waals surface area contributed by atoms with Gasteiger partial charge < -0.3 is 5.11 Å². The number of nitrogens with zero attached hydrogens (tertiary/aromatic N) is 1. The first-order valence-electron chi connectivity index (χ1n) is 7.53. The molecule has 20 heavy (non-hydrogen) atoms.